The Morgan fingerprint density at radius 3 is 2.71 bits per heavy atom. The van der Waals surface area contributed by atoms with Gasteiger partial charge in [-0.3, -0.25) is 4.79 Å². The first kappa shape index (κ1) is 11.9. The van der Waals surface area contributed by atoms with Gasteiger partial charge in [0.2, 0.25) is 9.84 Å². The number of carboxylic acids is 1. The number of carboxylic acid groups (broad SMARTS) is 1. The highest BCUT2D eigenvalue weighted by Crippen LogP contribution is 2.36. The molecule has 0 saturated carbocycles. The van der Waals surface area contributed by atoms with Crippen LogP contribution in [0.1, 0.15) is 24.0 Å². The molecule has 1 N–H and O–H groups in total. The van der Waals surface area contributed by atoms with Crippen LogP contribution >= 0.6 is 0 Å². The zero-order chi connectivity index (χ0) is 12.6. The van der Waals surface area contributed by atoms with Crippen molar-refractivity contribution in [3.05, 3.63) is 34.7 Å². The highest BCUT2D eigenvalue weighted by molar-refractivity contribution is 7.95. The van der Waals surface area contributed by atoms with Crippen molar-refractivity contribution in [2.75, 3.05) is 0 Å². The van der Waals surface area contributed by atoms with E-state index in [1.54, 1.807) is 12.1 Å². The first-order chi connectivity index (χ1) is 7.90. The van der Waals surface area contributed by atoms with Gasteiger partial charge >= 0.3 is 5.97 Å². The predicted octanol–water partition coefficient (Wildman–Crippen LogP) is 1.99. The van der Waals surface area contributed by atoms with Crippen LogP contribution in [0.2, 0.25) is 0 Å². The zero-order valence-electron chi connectivity index (χ0n) is 9.30. The molecule has 0 fully saturated rings. The molecule has 1 aromatic rings. The molecule has 0 aromatic heterocycles. The molecular formula is C12H12O4S. The summed E-state index contributed by atoms with van der Waals surface area (Å²) >= 11 is 0. The van der Waals surface area contributed by atoms with Crippen LogP contribution in [0.15, 0.2) is 28.5 Å². The van der Waals surface area contributed by atoms with E-state index in [0.717, 1.165) is 5.56 Å². The minimum Gasteiger partial charge on any atom is -0.481 e. The van der Waals surface area contributed by atoms with E-state index in [-0.39, 0.29) is 17.7 Å². The van der Waals surface area contributed by atoms with Crippen LogP contribution < -0.4 is 0 Å². The Balaban J connectivity index is 2.43. The first-order valence-electron chi connectivity index (χ1n) is 5.18. The SMILES string of the molecule is Cc1ccc2c(c1)S(=O)(=O)C=C2CCC(=O)O. The number of benzene rings is 1. The Kier molecular flexibility index (Phi) is 2.79. The molecule has 1 aliphatic heterocycles. The summed E-state index contributed by atoms with van der Waals surface area (Å²) in [4.78, 5) is 10.8. The second-order valence-electron chi connectivity index (χ2n) is 4.08. The van der Waals surface area contributed by atoms with Gasteiger partial charge in [0.05, 0.1) is 4.90 Å². The Morgan fingerprint density at radius 2 is 2.06 bits per heavy atom. The van der Waals surface area contributed by atoms with Crippen LogP contribution in [-0.4, -0.2) is 19.5 Å². The topological polar surface area (TPSA) is 71.4 Å². The Bertz CT molecular complexity index is 611. The smallest absolute Gasteiger partial charge is 0.303 e. The summed E-state index contributed by atoms with van der Waals surface area (Å²) in [7, 11) is -3.38. The van der Waals surface area contributed by atoms with E-state index in [0.29, 0.717) is 11.1 Å². The van der Waals surface area contributed by atoms with Crippen molar-refractivity contribution in [3.8, 4) is 0 Å². The number of aryl methyl sites for hydroxylation is 1. The number of allylic oxidation sites excluding steroid dienone is 1. The lowest BCUT2D eigenvalue weighted by atomic mass is 10.0. The summed E-state index contributed by atoms with van der Waals surface area (Å²) in [6.45, 7) is 1.82. The summed E-state index contributed by atoms with van der Waals surface area (Å²) < 4.78 is 23.7. The van der Waals surface area contributed by atoms with Gasteiger partial charge < -0.3 is 5.11 Å². The van der Waals surface area contributed by atoms with Crippen LogP contribution in [0.3, 0.4) is 0 Å². The van der Waals surface area contributed by atoms with Gasteiger partial charge in [0.25, 0.3) is 0 Å². The number of hydrogen-bond donors (Lipinski definition) is 1. The first-order valence-corrected chi connectivity index (χ1v) is 6.73. The van der Waals surface area contributed by atoms with Crippen LogP contribution in [-0.2, 0) is 14.6 Å². The van der Waals surface area contributed by atoms with Crippen LogP contribution in [0.5, 0.6) is 0 Å². The van der Waals surface area contributed by atoms with Gasteiger partial charge in [0.15, 0.2) is 0 Å². The molecule has 1 aromatic carbocycles. The van der Waals surface area contributed by atoms with Crippen molar-refractivity contribution in [2.45, 2.75) is 24.7 Å². The molecule has 0 saturated heterocycles. The van der Waals surface area contributed by atoms with E-state index in [4.69, 9.17) is 5.11 Å². The fraction of sp³-hybridized carbons (Fsp3) is 0.250. The molecule has 17 heavy (non-hydrogen) atoms. The van der Waals surface area contributed by atoms with Gasteiger partial charge in [-0.2, -0.15) is 0 Å². The lowest BCUT2D eigenvalue weighted by Gasteiger charge is -2.03. The Hall–Kier alpha value is -1.62. The third-order valence-corrected chi connectivity index (χ3v) is 4.24. The summed E-state index contributed by atoms with van der Waals surface area (Å²) in [5.74, 6) is -0.927. The number of hydrogen-bond acceptors (Lipinski definition) is 3. The van der Waals surface area contributed by atoms with Crippen molar-refractivity contribution < 1.29 is 18.3 Å². The zero-order valence-corrected chi connectivity index (χ0v) is 10.1. The van der Waals surface area contributed by atoms with Crippen molar-refractivity contribution in [1.82, 2.24) is 0 Å². The van der Waals surface area contributed by atoms with Gasteiger partial charge in [-0.05, 0) is 36.1 Å². The third kappa shape index (κ3) is 2.24. The molecule has 2 rings (SSSR count). The molecule has 90 valence electrons. The number of sulfone groups is 1. The molecule has 1 heterocycles. The van der Waals surface area contributed by atoms with Gasteiger partial charge in [0.1, 0.15) is 0 Å². The molecule has 0 radical (unpaired) electrons. The highest BCUT2D eigenvalue weighted by Gasteiger charge is 2.26. The summed E-state index contributed by atoms with van der Waals surface area (Å²) in [6.07, 6.45) is 0.180. The van der Waals surface area contributed by atoms with E-state index < -0.39 is 15.8 Å². The maximum absolute atomic E-state index is 11.8. The molecule has 0 aliphatic carbocycles. The second-order valence-corrected chi connectivity index (χ2v) is 5.85. The second kappa shape index (κ2) is 4.00. The maximum atomic E-state index is 11.8. The summed E-state index contributed by atoms with van der Waals surface area (Å²) in [5, 5.41) is 9.80. The predicted molar refractivity (Wildman–Crippen MR) is 63.2 cm³/mol. The van der Waals surface area contributed by atoms with E-state index in [1.807, 2.05) is 13.0 Å². The number of aliphatic carboxylic acids is 1. The lowest BCUT2D eigenvalue weighted by Crippen LogP contribution is -1.95. The highest BCUT2D eigenvalue weighted by atomic mass is 32.2. The third-order valence-electron chi connectivity index (χ3n) is 2.70. The average molecular weight is 252 g/mol. The molecule has 0 bridgehead atoms. The number of rotatable bonds is 3. The molecular weight excluding hydrogens is 240 g/mol. The van der Waals surface area contributed by atoms with Crippen LogP contribution in [0, 0.1) is 6.92 Å². The fourth-order valence-electron chi connectivity index (χ4n) is 1.88. The monoisotopic (exact) mass is 252 g/mol. The van der Waals surface area contributed by atoms with E-state index in [1.165, 1.54) is 5.41 Å². The lowest BCUT2D eigenvalue weighted by molar-refractivity contribution is -0.136. The number of carbonyl (C=O) groups is 1. The van der Waals surface area contributed by atoms with Gasteiger partial charge in [-0.1, -0.05) is 12.1 Å². The molecule has 0 amide bonds. The molecule has 1 aliphatic rings. The van der Waals surface area contributed by atoms with Crippen molar-refractivity contribution in [3.63, 3.8) is 0 Å². The summed E-state index contributed by atoms with van der Waals surface area (Å²) in [5.41, 5.74) is 2.10. The van der Waals surface area contributed by atoms with Gasteiger partial charge in [-0.15, -0.1) is 0 Å². The maximum Gasteiger partial charge on any atom is 0.303 e. The van der Waals surface area contributed by atoms with Crippen molar-refractivity contribution in [2.24, 2.45) is 0 Å². The van der Waals surface area contributed by atoms with E-state index in [9.17, 15) is 13.2 Å². The van der Waals surface area contributed by atoms with Crippen LogP contribution in [0.4, 0.5) is 0 Å². The van der Waals surface area contributed by atoms with Crippen LogP contribution in [0.25, 0.3) is 5.57 Å². The Labute approximate surface area is 99.5 Å². The van der Waals surface area contributed by atoms with Gasteiger partial charge in [-0.25, -0.2) is 8.42 Å². The molecule has 5 heteroatoms. The molecule has 0 spiro atoms. The minimum atomic E-state index is -3.38. The van der Waals surface area contributed by atoms with Crippen molar-refractivity contribution in [1.29, 1.82) is 0 Å². The number of fused-ring (bicyclic) bond motifs is 1. The standard InChI is InChI=1S/C12H12O4S/c1-8-2-4-10-9(3-5-12(13)14)7-17(15,16)11(10)6-8/h2,4,6-7H,3,5H2,1H3,(H,13,14). The van der Waals surface area contributed by atoms with Gasteiger partial charge in [0, 0.05) is 11.8 Å². The molecule has 4 nitrogen and oxygen atoms in total. The molecule has 0 unspecified atom stereocenters. The quantitative estimate of drug-likeness (QED) is 0.893. The fourth-order valence-corrected chi connectivity index (χ4v) is 3.48. The summed E-state index contributed by atoms with van der Waals surface area (Å²) in [6, 6.07) is 5.19. The minimum absolute atomic E-state index is 0.0608. The normalized spacial score (nSPS) is 16.4. The largest absolute Gasteiger partial charge is 0.481 e. The molecule has 0 atom stereocenters. The van der Waals surface area contributed by atoms with E-state index in [2.05, 4.69) is 0 Å². The van der Waals surface area contributed by atoms with E-state index >= 15 is 0 Å². The Morgan fingerprint density at radius 1 is 1.35 bits per heavy atom. The van der Waals surface area contributed by atoms with Crippen molar-refractivity contribution >= 4 is 21.4 Å². The average Bonchev–Trinajstić information content (AvgIpc) is 2.48.